The molecule has 0 heterocycles. The Kier molecular flexibility index (Phi) is 2.95. The molecule has 2 aromatic rings. The van der Waals surface area contributed by atoms with Gasteiger partial charge < -0.3 is 4.74 Å². The van der Waals surface area contributed by atoms with Crippen LogP contribution in [0.25, 0.3) is 5.57 Å². The zero-order chi connectivity index (χ0) is 14.1. The number of carbonyl (C=O) groups excluding carboxylic acids is 2. The zero-order valence-corrected chi connectivity index (χ0v) is 10.9. The summed E-state index contributed by atoms with van der Waals surface area (Å²) in [6.07, 6.45) is 0. The monoisotopic (exact) mass is 264 g/mol. The van der Waals surface area contributed by atoms with Gasteiger partial charge >= 0.3 is 5.97 Å². The molecule has 0 aliphatic heterocycles. The van der Waals surface area contributed by atoms with E-state index in [-0.39, 0.29) is 11.4 Å². The Labute approximate surface area is 116 Å². The van der Waals surface area contributed by atoms with E-state index in [4.69, 9.17) is 4.74 Å². The molecule has 0 spiro atoms. The fourth-order valence-corrected chi connectivity index (χ4v) is 2.48. The van der Waals surface area contributed by atoms with Crippen molar-refractivity contribution in [1.29, 1.82) is 0 Å². The molecule has 0 atom stereocenters. The average Bonchev–Trinajstić information content (AvgIpc) is 2.81. The van der Waals surface area contributed by atoms with E-state index in [1.54, 1.807) is 12.1 Å². The summed E-state index contributed by atoms with van der Waals surface area (Å²) >= 11 is 0. The van der Waals surface area contributed by atoms with Gasteiger partial charge in [-0.25, -0.2) is 4.79 Å². The number of ketones is 1. The van der Waals surface area contributed by atoms with Gasteiger partial charge in [0.15, 0.2) is 0 Å². The molecule has 0 N–H and O–H groups in total. The first-order chi connectivity index (χ1) is 9.74. The van der Waals surface area contributed by atoms with Crippen molar-refractivity contribution in [3.63, 3.8) is 0 Å². The number of ether oxygens (including phenoxy) is 1. The molecular weight excluding hydrogens is 252 g/mol. The maximum atomic E-state index is 12.4. The molecule has 1 aliphatic carbocycles. The summed E-state index contributed by atoms with van der Waals surface area (Å²) in [6.45, 7) is 0. The molecule has 0 saturated carbocycles. The van der Waals surface area contributed by atoms with Crippen molar-refractivity contribution in [3.05, 3.63) is 76.9 Å². The first-order valence-corrected chi connectivity index (χ1v) is 6.26. The minimum absolute atomic E-state index is 0.111. The minimum Gasteiger partial charge on any atom is -0.465 e. The molecule has 3 heteroatoms. The quantitative estimate of drug-likeness (QED) is 0.618. The number of hydrogen-bond acceptors (Lipinski definition) is 3. The summed E-state index contributed by atoms with van der Waals surface area (Å²) in [5.74, 6) is -0.864. The normalized spacial score (nSPS) is 13.3. The van der Waals surface area contributed by atoms with Gasteiger partial charge in [0.2, 0.25) is 5.78 Å². The van der Waals surface area contributed by atoms with E-state index in [0.717, 1.165) is 11.1 Å². The molecular formula is C17H12O3. The van der Waals surface area contributed by atoms with Gasteiger partial charge in [0.25, 0.3) is 0 Å². The van der Waals surface area contributed by atoms with Crippen molar-refractivity contribution in [2.24, 2.45) is 0 Å². The first kappa shape index (κ1) is 12.4. The van der Waals surface area contributed by atoms with Crippen LogP contribution in [0.3, 0.4) is 0 Å². The van der Waals surface area contributed by atoms with Crippen LogP contribution < -0.4 is 0 Å². The van der Waals surface area contributed by atoms with Gasteiger partial charge in [-0.1, -0.05) is 54.6 Å². The van der Waals surface area contributed by atoms with Crippen LogP contribution in [0.4, 0.5) is 0 Å². The van der Waals surface area contributed by atoms with Crippen LogP contribution in [-0.2, 0) is 9.53 Å². The lowest BCUT2D eigenvalue weighted by Gasteiger charge is -2.06. The maximum Gasteiger partial charge on any atom is 0.342 e. The summed E-state index contributed by atoms with van der Waals surface area (Å²) in [4.78, 5) is 24.4. The van der Waals surface area contributed by atoms with E-state index in [1.165, 1.54) is 7.11 Å². The summed E-state index contributed by atoms with van der Waals surface area (Å²) in [5.41, 5.74) is 2.93. The van der Waals surface area contributed by atoms with E-state index in [1.807, 2.05) is 42.5 Å². The van der Waals surface area contributed by atoms with Crippen LogP contribution in [0.2, 0.25) is 0 Å². The molecule has 20 heavy (non-hydrogen) atoms. The molecule has 2 aromatic carbocycles. The highest BCUT2D eigenvalue weighted by Gasteiger charge is 2.34. The van der Waals surface area contributed by atoms with Crippen LogP contribution in [0.15, 0.2) is 60.2 Å². The molecule has 0 saturated heterocycles. The molecule has 3 rings (SSSR count). The minimum atomic E-state index is -0.593. The van der Waals surface area contributed by atoms with Crippen LogP contribution in [0, 0.1) is 0 Å². The first-order valence-electron chi connectivity index (χ1n) is 6.26. The van der Waals surface area contributed by atoms with Crippen LogP contribution in [0.5, 0.6) is 0 Å². The Balaban J connectivity index is 2.30. The van der Waals surface area contributed by atoms with E-state index >= 15 is 0 Å². The molecule has 0 bridgehead atoms. The second-order valence-electron chi connectivity index (χ2n) is 4.48. The number of esters is 1. The Morgan fingerprint density at radius 3 is 2.15 bits per heavy atom. The number of rotatable bonds is 2. The SMILES string of the molecule is COC(=O)C1=C(c2ccccc2)c2ccccc2C1=O. The highest BCUT2D eigenvalue weighted by atomic mass is 16.5. The Morgan fingerprint density at radius 2 is 1.50 bits per heavy atom. The van der Waals surface area contributed by atoms with Crippen LogP contribution in [-0.4, -0.2) is 18.9 Å². The van der Waals surface area contributed by atoms with E-state index < -0.39 is 5.97 Å². The van der Waals surface area contributed by atoms with Gasteiger partial charge in [0.05, 0.1) is 7.11 Å². The standard InChI is InChI=1S/C17H12O3/c1-20-17(19)15-14(11-7-3-2-4-8-11)12-9-5-6-10-13(12)16(15)18/h2-10H,1H3. The zero-order valence-electron chi connectivity index (χ0n) is 10.9. The van der Waals surface area contributed by atoms with Crippen molar-refractivity contribution >= 4 is 17.3 Å². The van der Waals surface area contributed by atoms with Gasteiger partial charge in [-0.2, -0.15) is 0 Å². The molecule has 98 valence electrons. The van der Waals surface area contributed by atoms with Gasteiger partial charge in [-0.05, 0) is 11.1 Å². The number of carbonyl (C=O) groups is 2. The third-order valence-corrected chi connectivity index (χ3v) is 3.37. The maximum absolute atomic E-state index is 12.4. The van der Waals surface area contributed by atoms with Crippen molar-refractivity contribution < 1.29 is 14.3 Å². The van der Waals surface area contributed by atoms with Crippen molar-refractivity contribution in [2.75, 3.05) is 7.11 Å². The predicted molar refractivity (Wildman–Crippen MR) is 75.3 cm³/mol. The van der Waals surface area contributed by atoms with Gasteiger partial charge in [0.1, 0.15) is 5.57 Å². The molecule has 1 aliphatic rings. The van der Waals surface area contributed by atoms with Crippen molar-refractivity contribution in [1.82, 2.24) is 0 Å². The van der Waals surface area contributed by atoms with Gasteiger partial charge in [0, 0.05) is 11.1 Å². The van der Waals surface area contributed by atoms with Crippen molar-refractivity contribution in [2.45, 2.75) is 0 Å². The third-order valence-electron chi connectivity index (χ3n) is 3.37. The molecule has 0 fully saturated rings. The summed E-state index contributed by atoms with van der Waals surface area (Å²) in [7, 11) is 1.29. The highest BCUT2D eigenvalue weighted by molar-refractivity contribution is 6.35. The average molecular weight is 264 g/mol. The van der Waals surface area contributed by atoms with Crippen molar-refractivity contribution in [3.8, 4) is 0 Å². The number of benzene rings is 2. The van der Waals surface area contributed by atoms with Crippen LogP contribution >= 0.6 is 0 Å². The third kappa shape index (κ3) is 1.75. The summed E-state index contributed by atoms with van der Waals surface area (Å²) in [6, 6.07) is 16.6. The van der Waals surface area contributed by atoms with E-state index in [0.29, 0.717) is 11.1 Å². The van der Waals surface area contributed by atoms with E-state index in [2.05, 4.69) is 0 Å². The highest BCUT2D eigenvalue weighted by Crippen LogP contribution is 2.37. The predicted octanol–water partition coefficient (Wildman–Crippen LogP) is 2.86. The fourth-order valence-electron chi connectivity index (χ4n) is 2.48. The summed E-state index contributed by atoms with van der Waals surface area (Å²) < 4.78 is 4.77. The van der Waals surface area contributed by atoms with Crippen LogP contribution in [0.1, 0.15) is 21.5 Å². The molecule has 0 unspecified atom stereocenters. The van der Waals surface area contributed by atoms with E-state index in [9.17, 15) is 9.59 Å². The lowest BCUT2D eigenvalue weighted by atomic mass is 9.98. The second-order valence-corrected chi connectivity index (χ2v) is 4.48. The lowest BCUT2D eigenvalue weighted by Crippen LogP contribution is -2.12. The number of methoxy groups -OCH3 is 1. The number of hydrogen-bond donors (Lipinski definition) is 0. The largest absolute Gasteiger partial charge is 0.465 e. The Bertz CT molecular complexity index is 727. The molecule has 0 aromatic heterocycles. The fraction of sp³-hybridized carbons (Fsp3) is 0.0588. The molecule has 0 radical (unpaired) electrons. The molecule has 0 amide bonds. The lowest BCUT2D eigenvalue weighted by molar-refractivity contribution is -0.135. The number of fused-ring (bicyclic) bond motifs is 1. The smallest absolute Gasteiger partial charge is 0.342 e. The Morgan fingerprint density at radius 1 is 0.900 bits per heavy atom. The topological polar surface area (TPSA) is 43.4 Å². The van der Waals surface area contributed by atoms with Gasteiger partial charge in [-0.15, -0.1) is 0 Å². The summed E-state index contributed by atoms with van der Waals surface area (Å²) in [5, 5.41) is 0. The molecule has 3 nitrogen and oxygen atoms in total. The Hall–Kier alpha value is -2.68. The number of Topliss-reactive ketones (excluding diaryl/α,β-unsaturated/α-hetero) is 1. The second kappa shape index (κ2) is 4.78. The van der Waals surface area contributed by atoms with Gasteiger partial charge in [-0.3, -0.25) is 4.79 Å².